The number of benzene rings is 1. The second-order valence-corrected chi connectivity index (χ2v) is 6.33. The molecule has 1 saturated heterocycles. The van der Waals surface area contributed by atoms with Crippen molar-refractivity contribution < 1.29 is 4.79 Å². The van der Waals surface area contributed by atoms with Crippen molar-refractivity contribution in [2.75, 3.05) is 18.4 Å². The number of rotatable bonds is 4. The maximum atomic E-state index is 12.6. The largest absolute Gasteiger partial charge is 0.369 e. The molecular weight excluding hydrogens is 350 g/mol. The minimum atomic E-state index is -0.426. The fourth-order valence-electron chi connectivity index (χ4n) is 2.77. The van der Waals surface area contributed by atoms with Crippen molar-refractivity contribution in [3.8, 4) is 6.07 Å². The topological polar surface area (TPSA) is 81.0 Å². The van der Waals surface area contributed by atoms with Gasteiger partial charge in [-0.3, -0.25) is 4.79 Å². The summed E-state index contributed by atoms with van der Waals surface area (Å²) >= 11 is 5.82. The molecule has 7 heteroatoms. The Kier molecular flexibility index (Phi) is 5.40. The summed E-state index contributed by atoms with van der Waals surface area (Å²) in [6.07, 6.45) is 1.69. The quantitative estimate of drug-likeness (QED) is 0.493. The number of nitrogens with zero attached hydrogens (tertiary/aromatic N) is 3. The maximum Gasteiger partial charge on any atom is 0.270 e. The fraction of sp³-hybridized carbons (Fsp3) is 0.211. The average molecular weight is 368 g/mol. The van der Waals surface area contributed by atoms with E-state index in [4.69, 9.17) is 11.6 Å². The van der Waals surface area contributed by atoms with Crippen LogP contribution in [0.3, 0.4) is 0 Å². The van der Waals surface area contributed by atoms with Gasteiger partial charge in [-0.05, 0) is 30.2 Å². The Bertz CT molecular complexity index is 886. The first-order chi connectivity index (χ1) is 12.6. The molecule has 0 atom stereocenters. The van der Waals surface area contributed by atoms with Gasteiger partial charge >= 0.3 is 0 Å². The van der Waals surface area contributed by atoms with Crippen LogP contribution in [0.4, 0.5) is 5.69 Å². The molecule has 3 rings (SSSR count). The zero-order valence-electron chi connectivity index (χ0n) is 14.3. The molecule has 1 fully saturated rings. The SMILES string of the molecule is Cc1ccccc1NC(=O)/C(C#N)=C1\NCCN1Cc1ccc(Cl)nc1. The molecule has 26 heavy (non-hydrogen) atoms. The Balaban J connectivity index is 1.82. The molecule has 0 spiro atoms. The Hall–Kier alpha value is -3.04. The van der Waals surface area contributed by atoms with E-state index in [-0.39, 0.29) is 5.57 Å². The minimum absolute atomic E-state index is 0.0627. The molecule has 0 bridgehead atoms. The number of hydrogen-bond donors (Lipinski definition) is 2. The average Bonchev–Trinajstić information content (AvgIpc) is 3.07. The highest BCUT2D eigenvalue weighted by Gasteiger charge is 2.25. The van der Waals surface area contributed by atoms with E-state index in [0.717, 1.165) is 11.1 Å². The van der Waals surface area contributed by atoms with Crippen LogP contribution in [-0.2, 0) is 11.3 Å². The molecule has 2 heterocycles. The van der Waals surface area contributed by atoms with E-state index < -0.39 is 5.91 Å². The third-order valence-corrected chi connectivity index (χ3v) is 4.34. The van der Waals surface area contributed by atoms with Gasteiger partial charge in [0.25, 0.3) is 5.91 Å². The molecule has 132 valence electrons. The number of pyridine rings is 1. The summed E-state index contributed by atoms with van der Waals surface area (Å²) in [6.45, 7) is 3.80. The van der Waals surface area contributed by atoms with Crippen LogP contribution in [0.1, 0.15) is 11.1 Å². The monoisotopic (exact) mass is 367 g/mol. The van der Waals surface area contributed by atoms with E-state index in [1.165, 1.54) is 0 Å². The number of anilines is 1. The van der Waals surface area contributed by atoms with Crippen LogP contribution in [0.25, 0.3) is 0 Å². The van der Waals surface area contributed by atoms with Gasteiger partial charge in [0.15, 0.2) is 5.57 Å². The van der Waals surface area contributed by atoms with Gasteiger partial charge in [0.1, 0.15) is 17.0 Å². The number of aryl methyl sites for hydroxylation is 1. The second-order valence-electron chi connectivity index (χ2n) is 5.94. The number of nitrogens with one attached hydrogen (secondary N) is 2. The van der Waals surface area contributed by atoms with Crippen molar-refractivity contribution in [3.63, 3.8) is 0 Å². The number of para-hydroxylation sites is 1. The van der Waals surface area contributed by atoms with Gasteiger partial charge in [0.2, 0.25) is 0 Å². The highest BCUT2D eigenvalue weighted by Crippen LogP contribution is 2.19. The van der Waals surface area contributed by atoms with Crippen LogP contribution in [0.5, 0.6) is 0 Å². The van der Waals surface area contributed by atoms with Crippen LogP contribution in [-0.4, -0.2) is 28.9 Å². The van der Waals surface area contributed by atoms with E-state index in [0.29, 0.717) is 36.3 Å². The Morgan fingerprint density at radius 3 is 2.88 bits per heavy atom. The summed E-state index contributed by atoms with van der Waals surface area (Å²) < 4.78 is 0. The smallest absolute Gasteiger partial charge is 0.270 e. The number of carbonyl (C=O) groups excluding carboxylic acids is 1. The standard InChI is InChI=1S/C19H18ClN5O/c1-13-4-2-3-5-16(13)24-19(26)15(10-21)18-22-8-9-25(18)12-14-6-7-17(20)23-11-14/h2-7,11,22H,8-9,12H2,1H3,(H,24,26)/b18-15+. The number of amides is 1. The molecule has 6 nitrogen and oxygen atoms in total. The summed E-state index contributed by atoms with van der Waals surface area (Å²) in [5.74, 6) is 0.110. The Morgan fingerprint density at radius 2 is 2.19 bits per heavy atom. The molecule has 0 aliphatic carbocycles. The van der Waals surface area contributed by atoms with Crippen LogP contribution in [0.15, 0.2) is 54.0 Å². The van der Waals surface area contributed by atoms with Gasteiger partial charge in [-0.25, -0.2) is 4.98 Å². The highest BCUT2D eigenvalue weighted by atomic mass is 35.5. The number of halogens is 1. The number of aromatic nitrogens is 1. The van der Waals surface area contributed by atoms with Gasteiger partial charge in [-0.1, -0.05) is 35.9 Å². The summed E-state index contributed by atoms with van der Waals surface area (Å²) in [5.41, 5.74) is 2.64. The molecule has 0 unspecified atom stereocenters. The van der Waals surface area contributed by atoms with E-state index in [2.05, 4.69) is 15.6 Å². The molecule has 1 aromatic carbocycles. The fourth-order valence-corrected chi connectivity index (χ4v) is 2.88. The van der Waals surface area contributed by atoms with Crippen LogP contribution in [0.2, 0.25) is 5.15 Å². The molecule has 1 aliphatic heterocycles. The normalized spacial score (nSPS) is 15.2. The van der Waals surface area contributed by atoms with E-state index in [9.17, 15) is 10.1 Å². The van der Waals surface area contributed by atoms with E-state index in [1.807, 2.05) is 48.2 Å². The Morgan fingerprint density at radius 1 is 1.38 bits per heavy atom. The molecule has 2 N–H and O–H groups in total. The number of nitriles is 1. The third kappa shape index (κ3) is 3.95. The second kappa shape index (κ2) is 7.89. The van der Waals surface area contributed by atoms with Crippen molar-refractivity contribution >= 4 is 23.2 Å². The number of carbonyl (C=O) groups is 1. The van der Waals surface area contributed by atoms with Crippen LogP contribution >= 0.6 is 11.6 Å². The van der Waals surface area contributed by atoms with Gasteiger partial charge in [0, 0.05) is 31.5 Å². The van der Waals surface area contributed by atoms with Crippen molar-refractivity contribution in [2.45, 2.75) is 13.5 Å². The predicted molar refractivity (Wildman–Crippen MR) is 100 cm³/mol. The first kappa shape index (κ1) is 17.8. The highest BCUT2D eigenvalue weighted by molar-refractivity contribution is 6.29. The van der Waals surface area contributed by atoms with E-state index >= 15 is 0 Å². The Labute approximate surface area is 157 Å². The molecule has 0 saturated carbocycles. The minimum Gasteiger partial charge on any atom is -0.369 e. The van der Waals surface area contributed by atoms with E-state index in [1.54, 1.807) is 12.3 Å². The van der Waals surface area contributed by atoms with Crippen molar-refractivity contribution in [1.29, 1.82) is 5.26 Å². The third-order valence-electron chi connectivity index (χ3n) is 4.12. The zero-order valence-corrected chi connectivity index (χ0v) is 15.0. The van der Waals surface area contributed by atoms with Gasteiger partial charge in [0.05, 0.1) is 0 Å². The maximum absolute atomic E-state index is 12.6. The first-order valence-corrected chi connectivity index (χ1v) is 8.57. The summed E-state index contributed by atoms with van der Waals surface area (Å²) in [5, 5.41) is 15.9. The first-order valence-electron chi connectivity index (χ1n) is 8.19. The molecule has 1 amide bonds. The van der Waals surface area contributed by atoms with Gasteiger partial charge in [-0.15, -0.1) is 0 Å². The van der Waals surface area contributed by atoms with Crippen molar-refractivity contribution in [1.82, 2.24) is 15.2 Å². The lowest BCUT2D eigenvalue weighted by Gasteiger charge is -2.20. The van der Waals surface area contributed by atoms with Gasteiger partial charge < -0.3 is 15.5 Å². The van der Waals surface area contributed by atoms with Crippen LogP contribution < -0.4 is 10.6 Å². The lowest BCUT2D eigenvalue weighted by molar-refractivity contribution is -0.112. The summed E-state index contributed by atoms with van der Waals surface area (Å²) in [7, 11) is 0. The zero-order chi connectivity index (χ0) is 18.5. The summed E-state index contributed by atoms with van der Waals surface area (Å²) in [6, 6.07) is 13.1. The van der Waals surface area contributed by atoms with Crippen molar-refractivity contribution in [3.05, 3.63) is 70.3 Å². The molecule has 2 aromatic rings. The lowest BCUT2D eigenvalue weighted by Crippen LogP contribution is -2.26. The van der Waals surface area contributed by atoms with Crippen LogP contribution in [0, 0.1) is 18.3 Å². The molecular formula is C19H18ClN5O. The summed E-state index contributed by atoms with van der Waals surface area (Å²) in [4.78, 5) is 18.7. The molecule has 0 radical (unpaired) electrons. The van der Waals surface area contributed by atoms with Gasteiger partial charge in [-0.2, -0.15) is 5.26 Å². The molecule has 1 aliphatic rings. The number of hydrogen-bond acceptors (Lipinski definition) is 5. The van der Waals surface area contributed by atoms with Crippen molar-refractivity contribution in [2.24, 2.45) is 0 Å². The predicted octanol–water partition coefficient (Wildman–Crippen LogP) is 2.82. The lowest BCUT2D eigenvalue weighted by atomic mass is 10.2. The molecule has 1 aromatic heterocycles.